The van der Waals surface area contributed by atoms with Gasteiger partial charge >= 0.3 is 37.7 Å². The van der Waals surface area contributed by atoms with Gasteiger partial charge in [-0.2, -0.15) is 0 Å². The molecule has 0 radical (unpaired) electrons. The van der Waals surface area contributed by atoms with Crippen LogP contribution in [0.3, 0.4) is 0 Å². The summed E-state index contributed by atoms with van der Waals surface area (Å²) in [5, 5.41) is 0. The summed E-state index contributed by atoms with van der Waals surface area (Å²) >= 11 is 0. The van der Waals surface area contributed by atoms with Gasteiger partial charge in [0, 0.05) is 5.92 Å². The summed E-state index contributed by atoms with van der Waals surface area (Å²) in [5.74, 6) is 0.597. The van der Waals surface area contributed by atoms with E-state index in [4.69, 9.17) is 0 Å². The van der Waals surface area contributed by atoms with Gasteiger partial charge in [-0.1, -0.05) is 60.2 Å². The number of allylic oxidation sites excluding steroid dienone is 4. The van der Waals surface area contributed by atoms with Crippen molar-refractivity contribution in [3.05, 3.63) is 82.4 Å². The molecule has 0 bridgehead atoms. The summed E-state index contributed by atoms with van der Waals surface area (Å²) in [5.41, 5.74) is 10.5. The first kappa shape index (κ1) is 19.4. The molecule has 0 saturated carbocycles. The second-order valence-corrected chi connectivity index (χ2v) is 6.64. The predicted octanol–water partition coefficient (Wildman–Crippen LogP) is 0.230. The van der Waals surface area contributed by atoms with Gasteiger partial charge in [-0.05, 0) is 66.5 Å². The zero-order valence-electron chi connectivity index (χ0n) is 17.4. The molecule has 0 nitrogen and oxygen atoms in total. The normalized spacial score (nSPS) is 17.6. The van der Waals surface area contributed by atoms with Crippen molar-refractivity contribution in [3.8, 4) is 0 Å². The van der Waals surface area contributed by atoms with Gasteiger partial charge in [0.25, 0.3) is 0 Å². The molecule has 2 aromatic carbocycles. The van der Waals surface area contributed by atoms with Gasteiger partial charge in [-0.3, -0.25) is 0 Å². The molecule has 0 fully saturated rings. The number of benzene rings is 2. The number of rotatable bonds is 3. The molecule has 0 aromatic heterocycles. The molecule has 0 heterocycles. The Labute approximate surface area is 172 Å². The van der Waals surface area contributed by atoms with Crippen molar-refractivity contribution in [2.75, 3.05) is 0 Å². The summed E-state index contributed by atoms with van der Waals surface area (Å²) in [6.07, 6.45) is 6.06. The molecule has 0 aliphatic heterocycles. The zero-order chi connectivity index (χ0) is 15.1. The third-order valence-electron chi connectivity index (χ3n) is 5.35. The van der Waals surface area contributed by atoms with Crippen LogP contribution in [-0.2, 0) is 6.42 Å². The second kappa shape index (κ2) is 8.00. The minimum absolute atomic E-state index is 0. The molecule has 2 aliphatic carbocycles. The first-order valence-electron chi connectivity index (χ1n) is 8.28. The van der Waals surface area contributed by atoms with E-state index in [2.05, 4.69) is 68.5 Å². The molecule has 0 amide bonds. The summed E-state index contributed by atoms with van der Waals surface area (Å²) in [7, 11) is 0. The van der Waals surface area contributed by atoms with Crippen LogP contribution in [0.25, 0.3) is 11.1 Å². The van der Waals surface area contributed by atoms with E-state index in [9.17, 15) is 0 Å². The van der Waals surface area contributed by atoms with E-state index in [1.54, 1.807) is 5.57 Å². The summed E-state index contributed by atoms with van der Waals surface area (Å²) in [6.45, 7) is 4.54. The Morgan fingerprint density at radius 2 is 1.58 bits per heavy atom. The molecule has 4 rings (SSSR count). The van der Waals surface area contributed by atoms with E-state index in [0.29, 0.717) is 5.92 Å². The molecule has 114 valence electrons. The standard InChI is InChI=1S/C22H22.2Li.2H/c1-15-13-19(22-10-6-5-8-20(15)22)12-11-17-14-18-7-3-4-9-21(18)16(17)2;;;;/h3-10,13,19H,11-12,14H2,1-2H3;;;;/q;2*+1;2*-1. The monoisotopic (exact) mass is 302 g/mol. The molecule has 2 aromatic rings. The Kier molecular flexibility index (Phi) is 6.48. The first-order valence-corrected chi connectivity index (χ1v) is 8.28. The minimum Gasteiger partial charge on any atom is -1.00 e. The van der Waals surface area contributed by atoms with Crippen LogP contribution in [0.2, 0.25) is 0 Å². The summed E-state index contributed by atoms with van der Waals surface area (Å²) in [4.78, 5) is 0. The van der Waals surface area contributed by atoms with Gasteiger partial charge in [0.1, 0.15) is 0 Å². The molecule has 0 spiro atoms. The smallest absolute Gasteiger partial charge is 1.00 e. The summed E-state index contributed by atoms with van der Waals surface area (Å²) < 4.78 is 0. The second-order valence-electron chi connectivity index (χ2n) is 6.64. The van der Waals surface area contributed by atoms with Crippen molar-refractivity contribution >= 4 is 11.1 Å². The van der Waals surface area contributed by atoms with Gasteiger partial charge in [0.15, 0.2) is 0 Å². The molecular weight excluding hydrogens is 278 g/mol. The third-order valence-corrected chi connectivity index (χ3v) is 5.35. The van der Waals surface area contributed by atoms with Crippen LogP contribution in [0, 0.1) is 0 Å². The van der Waals surface area contributed by atoms with Crippen molar-refractivity contribution in [1.82, 2.24) is 0 Å². The fraction of sp³-hybridized carbons (Fsp3) is 0.273. The fourth-order valence-corrected chi connectivity index (χ4v) is 4.10. The van der Waals surface area contributed by atoms with Gasteiger partial charge in [-0.25, -0.2) is 0 Å². The van der Waals surface area contributed by atoms with Crippen LogP contribution >= 0.6 is 0 Å². The van der Waals surface area contributed by atoms with E-state index < -0.39 is 0 Å². The fourth-order valence-electron chi connectivity index (χ4n) is 4.10. The Morgan fingerprint density at radius 3 is 2.33 bits per heavy atom. The van der Waals surface area contributed by atoms with Crippen LogP contribution in [0.1, 0.15) is 57.7 Å². The SMILES string of the molecule is CC1=CC(CCC2=C(C)c3ccccc3C2)c2ccccc21.[H-].[H-].[Li+].[Li+]. The maximum absolute atomic E-state index is 2.46. The van der Waals surface area contributed by atoms with Crippen molar-refractivity contribution in [2.45, 2.75) is 39.0 Å². The van der Waals surface area contributed by atoms with E-state index in [0.717, 1.165) is 6.42 Å². The van der Waals surface area contributed by atoms with Gasteiger partial charge in [-0.15, -0.1) is 0 Å². The maximum Gasteiger partial charge on any atom is 1.00 e. The van der Waals surface area contributed by atoms with Crippen LogP contribution in [0.15, 0.2) is 60.2 Å². The Hall–Kier alpha value is -0.885. The van der Waals surface area contributed by atoms with Crippen molar-refractivity contribution in [2.24, 2.45) is 0 Å². The zero-order valence-corrected chi connectivity index (χ0v) is 15.4. The molecule has 0 N–H and O–H groups in total. The van der Waals surface area contributed by atoms with Crippen molar-refractivity contribution in [1.29, 1.82) is 0 Å². The minimum atomic E-state index is 0. The van der Waals surface area contributed by atoms with Gasteiger partial charge < -0.3 is 2.85 Å². The average molecular weight is 302 g/mol. The van der Waals surface area contributed by atoms with Crippen LogP contribution < -0.4 is 37.7 Å². The number of hydrogen-bond donors (Lipinski definition) is 0. The molecule has 1 atom stereocenters. The molecule has 2 aliphatic rings. The average Bonchev–Trinajstić information content (AvgIpc) is 3.04. The number of hydrogen-bond acceptors (Lipinski definition) is 0. The van der Waals surface area contributed by atoms with Crippen LogP contribution in [0.4, 0.5) is 0 Å². The van der Waals surface area contributed by atoms with E-state index in [1.165, 1.54) is 46.2 Å². The van der Waals surface area contributed by atoms with Crippen molar-refractivity contribution < 1.29 is 40.6 Å². The molecule has 24 heavy (non-hydrogen) atoms. The largest absolute Gasteiger partial charge is 1.00 e. The van der Waals surface area contributed by atoms with Crippen LogP contribution in [-0.4, -0.2) is 0 Å². The summed E-state index contributed by atoms with van der Waals surface area (Å²) in [6, 6.07) is 17.8. The topological polar surface area (TPSA) is 0 Å². The van der Waals surface area contributed by atoms with Gasteiger partial charge in [0.2, 0.25) is 0 Å². The Bertz CT molecular complexity index is 809. The van der Waals surface area contributed by atoms with Gasteiger partial charge in [0.05, 0.1) is 0 Å². The number of fused-ring (bicyclic) bond motifs is 2. The van der Waals surface area contributed by atoms with Crippen LogP contribution in [0.5, 0.6) is 0 Å². The Morgan fingerprint density at radius 1 is 0.917 bits per heavy atom. The van der Waals surface area contributed by atoms with E-state index in [1.807, 2.05) is 0 Å². The van der Waals surface area contributed by atoms with Crippen molar-refractivity contribution in [3.63, 3.8) is 0 Å². The van der Waals surface area contributed by atoms with E-state index in [-0.39, 0.29) is 40.6 Å². The first-order chi connectivity index (χ1) is 10.7. The predicted molar refractivity (Wildman–Crippen MR) is 97.0 cm³/mol. The van der Waals surface area contributed by atoms with E-state index >= 15 is 0 Å². The molecular formula is C22H24Li2. The molecule has 0 saturated heterocycles. The Balaban J connectivity index is 0.00000156. The quantitative estimate of drug-likeness (QED) is 0.712. The molecule has 2 heteroatoms. The maximum atomic E-state index is 2.46. The molecule has 1 unspecified atom stereocenters. The third kappa shape index (κ3) is 3.40.